The van der Waals surface area contributed by atoms with E-state index in [1.165, 1.54) is 6.07 Å². The predicted octanol–water partition coefficient (Wildman–Crippen LogP) is 3.90. The van der Waals surface area contributed by atoms with Gasteiger partial charge in [-0.1, -0.05) is 24.3 Å². The van der Waals surface area contributed by atoms with Gasteiger partial charge in [-0.25, -0.2) is 9.18 Å². The molecule has 3 rings (SSSR count). The third-order valence-electron chi connectivity index (χ3n) is 4.33. The molecule has 25 heavy (non-hydrogen) atoms. The minimum atomic E-state index is -0.466. The molecule has 2 aromatic rings. The van der Waals surface area contributed by atoms with E-state index in [0.29, 0.717) is 18.4 Å². The minimum Gasteiger partial charge on any atom is -0.331 e. The molecule has 0 fully saturated rings. The third kappa shape index (κ3) is 3.79. The highest BCUT2D eigenvalue weighted by atomic mass is 19.1. The Morgan fingerprint density at radius 2 is 2.04 bits per heavy atom. The lowest BCUT2D eigenvalue weighted by molar-refractivity contribution is -0.116. The Kier molecular flexibility index (Phi) is 4.70. The van der Waals surface area contributed by atoms with Crippen molar-refractivity contribution in [1.82, 2.24) is 5.32 Å². The van der Waals surface area contributed by atoms with Gasteiger partial charge in [-0.2, -0.15) is 0 Å². The number of carbonyl (C=O) groups excluding carboxylic acids is 2. The molecule has 0 aliphatic carbocycles. The van der Waals surface area contributed by atoms with Gasteiger partial charge in [0.1, 0.15) is 5.82 Å². The largest absolute Gasteiger partial charge is 0.331 e. The summed E-state index contributed by atoms with van der Waals surface area (Å²) in [6.07, 6.45) is 1.15. The smallest absolute Gasteiger partial charge is 0.319 e. The maximum absolute atomic E-state index is 13.8. The van der Waals surface area contributed by atoms with E-state index >= 15 is 0 Å². The SMILES string of the molecule is Cc1cccc(F)c1NC(=O)N[C@@H](C)c1ccc2c(c1)CCC(=O)N2. The number of hydrogen-bond donors (Lipinski definition) is 3. The van der Waals surface area contributed by atoms with Gasteiger partial charge in [0.15, 0.2) is 0 Å². The second kappa shape index (κ2) is 6.93. The highest BCUT2D eigenvalue weighted by molar-refractivity contribution is 5.94. The molecule has 2 aromatic carbocycles. The summed E-state index contributed by atoms with van der Waals surface area (Å²) in [4.78, 5) is 23.6. The summed E-state index contributed by atoms with van der Waals surface area (Å²) in [6.45, 7) is 3.59. The molecule has 1 aliphatic rings. The molecule has 1 aliphatic heterocycles. The molecular formula is C19H20FN3O2. The molecule has 0 bridgehead atoms. The average Bonchev–Trinajstić information content (AvgIpc) is 2.57. The van der Waals surface area contributed by atoms with Crippen molar-refractivity contribution < 1.29 is 14.0 Å². The first-order chi connectivity index (χ1) is 11.9. The number of fused-ring (bicyclic) bond motifs is 1. The van der Waals surface area contributed by atoms with Crippen molar-refractivity contribution >= 4 is 23.3 Å². The van der Waals surface area contributed by atoms with Gasteiger partial charge in [0, 0.05) is 12.1 Å². The molecule has 6 heteroatoms. The van der Waals surface area contributed by atoms with Gasteiger partial charge in [-0.3, -0.25) is 4.79 Å². The van der Waals surface area contributed by atoms with Crippen LogP contribution in [0.25, 0.3) is 0 Å². The van der Waals surface area contributed by atoms with Crippen LogP contribution in [0.5, 0.6) is 0 Å². The van der Waals surface area contributed by atoms with Crippen molar-refractivity contribution in [2.45, 2.75) is 32.7 Å². The summed E-state index contributed by atoms with van der Waals surface area (Å²) in [7, 11) is 0. The standard InChI is InChI=1S/C19H20FN3O2/c1-11-4-3-5-15(20)18(11)23-19(25)21-12(2)13-6-8-16-14(10-13)7-9-17(24)22-16/h3-6,8,10,12H,7,9H2,1-2H3,(H,22,24)(H2,21,23,25)/t12-/m0/s1. The summed E-state index contributed by atoms with van der Waals surface area (Å²) in [5.41, 5.74) is 3.64. The lowest BCUT2D eigenvalue weighted by Gasteiger charge is -2.21. The Labute approximate surface area is 145 Å². The summed E-state index contributed by atoms with van der Waals surface area (Å²) in [5.74, 6) is -0.446. The van der Waals surface area contributed by atoms with Crippen LogP contribution in [-0.4, -0.2) is 11.9 Å². The van der Waals surface area contributed by atoms with Gasteiger partial charge in [0.05, 0.1) is 11.7 Å². The van der Waals surface area contributed by atoms with Gasteiger partial charge < -0.3 is 16.0 Å². The normalized spacial score (nSPS) is 14.3. The lowest BCUT2D eigenvalue weighted by atomic mass is 9.98. The fourth-order valence-electron chi connectivity index (χ4n) is 2.89. The average molecular weight is 341 g/mol. The number of hydrogen-bond acceptors (Lipinski definition) is 2. The molecule has 130 valence electrons. The Morgan fingerprint density at radius 3 is 2.80 bits per heavy atom. The van der Waals surface area contributed by atoms with E-state index < -0.39 is 11.8 Å². The quantitative estimate of drug-likeness (QED) is 0.792. The Hall–Kier alpha value is -2.89. The van der Waals surface area contributed by atoms with E-state index in [2.05, 4.69) is 16.0 Å². The van der Waals surface area contributed by atoms with E-state index in [-0.39, 0.29) is 17.6 Å². The summed E-state index contributed by atoms with van der Waals surface area (Å²) in [5, 5.41) is 8.21. The van der Waals surface area contributed by atoms with Crippen molar-refractivity contribution in [3.05, 3.63) is 58.9 Å². The van der Waals surface area contributed by atoms with Crippen LogP contribution in [0.3, 0.4) is 0 Å². The van der Waals surface area contributed by atoms with Gasteiger partial charge in [-0.05, 0) is 49.1 Å². The Morgan fingerprint density at radius 1 is 1.24 bits per heavy atom. The second-order valence-corrected chi connectivity index (χ2v) is 6.22. The molecule has 0 spiro atoms. The molecular weight excluding hydrogens is 321 g/mol. The first-order valence-corrected chi connectivity index (χ1v) is 8.19. The van der Waals surface area contributed by atoms with Crippen molar-refractivity contribution in [3.8, 4) is 0 Å². The van der Waals surface area contributed by atoms with Crippen LogP contribution in [0.2, 0.25) is 0 Å². The molecule has 0 unspecified atom stereocenters. The van der Waals surface area contributed by atoms with Crippen molar-refractivity contribution in [3.63, 3.8) is 0 Å². The van der Waals surface area contributed by atoms with Crippen LogP contribution in [0, 0.1) is 12.7 Å². The van der Waals surface area contributed by atoms with Crippen molar-refractivity contribution in [1.29, 1.82) is 0 Å². The predicted molar refractivity (Wildman–Crippen MR) is 95.1 cm³/mol. The van der Waals surface area contributed by atoms with Gasteiger partial charge >= 0.3 is 6.03 Å². The number of benzene rings is 2. The Balaban J connectivity index is 1.69. The number of amides is 3. The van der Waals surface area contributed by atoms with Gasteiger partial charge in [0.2, 0.25) is 5.91 Å². The molecule has 0 radical (unpaired) electrons. The maximum Gasteiger partial charge on any atom is 0.319 e. The summed E-state index contributed by atoms with van der Waals surface area (Å²) >= 11 is 0. The van der Waals surface area contributed by atoms with Crippen LogP contribution in [-0.2, 0) is 11.2 Å². The van der Waals surface area contributed by atoms with E-state index in [1.807, 2.05) is 25.1 Å². The van der Waals surface area contributed by atoms with Crippen LogP contribution in [0.4, 0.5) is 20.6 Å². The number of carbonyl (C=O) groups is 2. The van der Waals surface area contributed by atoms with Crippen molar-refractivity contribution in [2.75, 3.05) is 10.6 Å². The number of anilines is 2. The summed E-state index contributed by atoms with van der Waals surface area (Å²) in [6, 6.07) is 9.62. The Bertz CT molecular complexity index is 815. The number of halogens is 1. The fraction of sp³-hybridized carbons (Fsp3) is 0.263. The first kappa shape index (κ1) is 17.0. The van der Waals surface area contributed by atoms with Crippen LogP contribution >= 0.6 is 0 Å². The zero-order valence-electron chi connectivity index (χ0n) is 14.2. The van der Waals surface area contributed by atoms with Gasteiger partial charge in [0.25, 0.3) is 0 Å². The van der Waals surface area contributed by atoms with E-state index in [9.17, 15) is 14.0 Å². The topological polar surface area (TPSA) is 70.2 Å². The maximum atomic E-state index is 13.8. The number of urea groups is 1. The fourth-order valence-corrected chi connectivity index (χ4v) is 2.89. The number of rotatable bonds is 3. The van der Waals surface area contributed by atoms with Crippen molar-refractivity contribution in [2.24, 2.45) is 0 Å². The number of para-hydroxylation sites is 1. The molecule has 3 N–H and O–H groups in total. The highest BCUT2D eigenvalue weighted by Crippen LogP contribution is 2.26. The van der Waals surface area contributed by atoms with E-state index in [0.717, 1.165) is 16.8 Å². The molecule has 0 aromatic heterocycles. The van der Waals surface area contributed by atoms with Gasteiger partial charge in [-0.15, -0.1) is 0 Å². The minimum absolute atomic E-state index is 0.0195. The molecule has 0 saturated heterocycles. The van der Waals surface area contributed by atoms with Crippen LogP contribution in [0.15, 0.2) is 36.4 Å². The summed E-state index contributed by atoms with van der Waals surface area (Å²) < 4.78 is 13.8. The van der Waals surface area contributed by atoms with E-state index in [4.69, 9.17) is 0 Å². The first-order valence-electron chi connectivity index (χ1n) is 8.19. The third-order valence-corrected chi connectivity index (χ3v) is 4.33. The molecule has 1 atom stereocenters. The zero-order valence-corrected chi connectivity index (χ0v) is 14.2. The van der Waals surface area contributed by atoms with Crippen LogP contribution in [0.1, 0.15) is 36.1 Å². The molecule has 1 heterocycles. The van der Waals surface area contributed by atoms with Crippen LogP contribution < -0.4 is 16.0 Å². The zero-order chi connectivity index (χ0) is 18.0. The van der Waals surface area contributed by atoms with E-state index in [1.54, 1.807) is 19.1 Å². The lowest BCUT2D eigenvalue weighted by Crippen LogP contribution is -2.32. The molecule has 3 amide bonds. The molecule has 5 nitrogen and oxygen atoms in total. The number of aryl methyl sites for hydroxylation is 2. The highest BCUT2D eigenvalue weighted by Gasteiger charge is 2.17. The number of nitrogens with one attached hydrogen (secondary N) is 3. The molecule has 0 saturated carbocycles. The monoisotopic (exact) mass is 341 g/mol. The second-order valence-electron chi connectivity index (χ2n) is 6.22.